The zero-order valence-corrected chi connectivity index (χ0v) is 10.8. The van der Waals surface area contributed by atoms with Crippen molar-refractivity contribution in [3.05, 3.63) is 29.6 Å². The van der Waals surface area contributed by atoms with E-state index in [1.807, 2.05) is 13.0 Å². The Morgan fingerprint density at radius 1 is 1.58 bits per heavy atom. The van der Waals surface area contributed by atoms with Crippen molar-refractivity contribution in [3.8, 4) is 6.07 Å². The Balaban J connectivity index is 2.20. The van der Waals surface area contributed by atoms with E-state index in [-0.39, 0.29) is 17.5 Å². The van der Waals surface area contributed by atoms with Crippen LogP contribution in [0.1, 0.15) is 25.3 Å². The lowest BCUT2D eigenvalue weighted by atomic mass is 10.1. The average molecular weight is 261 g/mol. The lowest BCUT2D eigenvalue weighted by molar-refractivity contribution is -0.118. The fourth-order valence-electron chi connectivity index (χ4n) is 2.26. The van der Waals surface area contributed by atoms with Crippen LogP contribution in [0.5, 0.6) is 0 Å². The molecule has 1 aliphatic rings. The summed E-state index contributed by atoms with van der Waals surface area (Å²) in [6, 6.07) is 5.67. The van der Waals surface area contributed by atoms with Crippen LogP contribution in [-0.2, 0) is 4.79 Å². The number of nitrogens with one attached hydrogen (secondary N) is 1. The molecule has 1 aromatic rings. The number of halogens is 1. The van der Waals surface area contributed by atoms with Gasteiger partial charge in [-0.2, -0.15) is 5.26 Å². The highest BCUT2D eigenvalue weighted by atomic mass is 19.1. The van der Waals surface area contributed by atoms with E-state index in [1.54, 1.807) is 4.90 Å². The molecule has 1 atom stereocenters. The second-order valence-corrected chi connectivity index (χ2v) is 4.56. The number of nitriles is 1. The normalized spacial score (nSPS) is 18.7. The topological polar surface area (TPSA) is 56.1 Å². The number of benzene rings is 1. The minimum atomic E-state index is -0.465. The van der Waals surface area contributed by atoms with Gasteiger partial charge >= 0.3 is 0 Å². The van der Waals surface area contributed by atoms with Gasteiger partial charge in [0.05, 0.1) is 17.3 Å². The summed E-state index contributed by atoms with van der Waals surface area (Å²) in [5.74, 6) is -0.510. The Bertz CT molecular complexity index is 524. The van der Waals surface area contributed by atoms with Crippen molar-refractivity contribution in [2.24, 2.45) is 0 Å². The van der Waals surface area contributed by atoms with Crippen LogP contribution >= 0.6 is 0 Å². The number of nitrogens with zero attached hydrogens (tertiary/aromatic N) is 2. The molecule has 1 aliphatic heterocycles. The maximum absolute atomic E-state index is 13.1. The Morgan fingerprint density at radius 3 is 3.05 bits per heavy atom. The molecule has 0 saturated carbocycles. The summed E-state index contributed by atoms with van der Waals surface area (Å²) in [5.41, 5.74) is 0.694. The molecule has 5 heteroatoms. The third-order valence-electron chi connectivity index (χ3n) is 3.22. The highest BCUT2D eigenvalue weighted by molar-refractivity contribution is 6.00. The van der Waals surface area contributed by atoms with Crippen molar-refractivity contribution in [1.82, 2.24) is 5.32 Å². The molecule has 1 aromatic carbocycles. The largest absolute Gasteiger partial charge is 0.310 e. The number of rotatable bonds is 4. The summed E-state index contributed by atoms with van der Waals surface area (Å²) < 4.78 is 13.1. The monoisotopic (exact) mass is 261 g/mol. The van der Waals surface area contributed by atoms with Gasteiger partial charge in [0.25, 0.3) is 0 Å². The van der Waals surface area contributed by atoms with Crippen LogP contribution in [0.2, 0.25) is 0 Å². The fourth-order valence-corrected chi connectivity index (χ4v) is 2.26. The lowest BCUT2D eigenvalue weighted by Crippen LogP contribution is -2.38. The van der Waals surface area contributed by atoms with E-state index in [2.05, 4.69) is 5.32 Å². The van der Waals surface area contributed by atoms with Crippen LogP contribution in [0.3, 0.4) is 0 Å². The smallest absolute Gasteiger partial charge is 0.244 e. The van der Waals surface area contributed by atoms with E-state index < -0.39 is 5.82 Å². The quantitative estimate of drug-likeness (QED) is 0.899. The molecule has 0 spiro atoms. The number of carbonyl (C=O) groups is 1. The second kappa shape index (κ2) is 5.81. The second-order valence-electron chi connectivity index (χ2n) is 4.56. The van der Waals surface area contributed by atoms with Gasteiger partial charge in [-0.1, -0.05) is 6.92 Å². The number of hydrogen-bond donors (Lipinski definition) is 1. The van der Waals surface area contributed by atoms with Crippen LogP contribution < -0.4 is 10.2 Å². The van der Waals surface area contributed by atoms with Crippen molar-refractivity contribution in [2.45, 2.75) is 25.8 Å². The van der Waals surface area contributed by atoms with E-state index in [1.165, 1.54) is 12.1 Å². The highest BCUT2D eigenvalue weighted by Gasteiger charge is 2.33. The first-order valence-electron chi connectivity index (χ1n) is 6.41. The maximum Gasteiger partial charge on any atom is 0.244 e. The maximum atomic E-state index is 13.1. The summed E-state index contributed by atoms with van der Waals surface area (Å²) in [6.45, 7) is 3.39. The average Bonchev–Trinajstić information content (AvgIpc) is 2.77. The first-order chi connectivity index (χ1) is 9.17. The van der Waals surface area contributed by atoms with Gasteiger partial charge in [0.1, 0.15) is 11.9 Å². The molecule has 1 fully saturated rings. The predicted octanol–water partition coefficient (Wildman–Crippen LogP) is 1.80. The molecule has 1 amide bonds. The summed E-state index contributed by atoms with van der Waals surface area (Å²) >= 11 is 0. The van der Waals surface area contributed by atoms with Gasteiger partial charge in [-0.25, -0.2) is 4.39 Å². The standard InChI is InChI=1S/C14H16FN3O/c1-2-6-17-12-5-7-18(14(12)19)13-4-3-11(15)8-10(13)9-16/h3-4,8,12,17H,2,5-7H2,1H3. The molecule has 1 unspecified atom stereocenters. The minimum Gasteiger partial charge on any atom is -0.310 e. The lowest BCUT2D eigenvalue weighted by Gasteiger charge is -2.18. The van der Waals surface area contributed by atoms with E-state index in [4.69, 9.17) is 5.26 Å². The summed E-state index contributed by atoms with van der Waals surface area (Å²) in [7, 11) is 0. The third kappa shape index (κ3) is 2.74. The summed E-state index contributed by atoms with van der Waals surface area (Å²) in [4.78, 5) is 13.8. The van der Waals surface area contributed by atoms with Crippen LogP contribution in [0.15, 0.2) is 18.2 Å². The molecular weight excluding hydrogens is 245 g/mol. The van der Waals surface area contributed by atoms with Gasteiger partial charge in [-0.05, 0) is 37.6 Å². The van der Waals surface area contributed by atoms with Crippen molar-refractivity contribution < 1.29 is 9.18 Å². The van der Waals surface area contributed by atoms with E-state index in [9.17, 15) is 9.18 Å². The molecule has 0 aromatic heterocycles. The SMILES string of the molecule is CCCNC1CCN(c2ccc(F)cc2C#N)C1=O. The number of hydrogen-bond acceptors (Lipinski definition) is 3. The molecule has 100 valence electrons. The molecule has 4 nitrogen and oxygen atoms in total. The van der Waals surface area contributed by atoms with Crippen molar-refractivity contribution >= 4 is 11.6 Å². The summed E-state index contributed by atoms with van der Waals surface area (Å²) in [6.07, 6.45) is 1.67. The Labute approximate surface area is 111 Å². The van der Waals surface area contributed by atoms with Crippen LogP contribution in [0.4, 0.5) is 10.1 Å². The molecule has 19 heavy (non-hydrogen) atoms. The van der Waals surface area contributed by atoms with Crippen molar-refractivity contribution in [2.75, 3.05) is 18.0 Å². The Morgan fingerprint density at radius 2 is 2.37 bits per heavy atom. The van der Waals surface area contributed by atoms with Crippen LogP contribution in [0.25, 0.3) is 0 Å². The minimum absolute atomic E-state index is 0.0449. The molecule has 0 radical (unpaired) electrons. The fraction of sp³-hybridized carbons (Fsp3) is 0.429. The Hall–Kier alpha value is -1.93. The molecule has 0 aliphatic carbocycles. The van der Waals surface area contributed by atoms with Gasteiger partial charge in [-0.15, -0.1) is 0 Å². The van der Waals surface area contributed by atoms with Gasteiger partial charge in [0.2, 0.25) is 5.91 Å². The van der Waals surface area contributed by atoms with Crippen LogP contribution in [-0.4, -0.2) is 25.0 Å². The molecule has 1 N–H and O–H groups in total. The van der Waals surface area contributed by atoms with E-state index in [0.717, 1.165) is 19.0 Å². The van der Waals surface area contributed by atoms with Gasteiger partial charge in [-0.3, -0.25) is 4.79 Å². The van der Waals surface area contributed by atoms with E-state index >= 15 is 0 Å². The van der Waals surface area contributed by atoms with Crippen LogP contribution in [0, 0.1) is 17.1 Å². The van der Waals surface area contributed by atoms with E-state index in [0.29, 0.717) is 18.7 Å². The Kier molecular flexibility index (Phi) is 4.13. The predicted molar refractivity (Wildman–Crippen MR) is 70.2 cm³/mol. The molecule has 1 heterocycles. The van der Waals surface area contributed by atoms with Gasteiger partial charge in [0.15, 0.2) is 0 Å². The first-order valence-corrected chi connectivity index (χ1v) is 6.41. The zero-order valence-electron chi connectivity index (χ0n) is 10.8. The van der Waals surface area contributed by atoms with Crippen molar-refractivity contribution in [1.29, 1.82) is 5.26 Å². The first kappa shape index (κ1) is 13.5. The number of anilines is 1. The van der Waals surface area contributed by atoms with Gasteiger partial charge in [0, 0.05) is 6.54 Å². The molecular formula is C14H16FN3O. The summed E-state index contributed by atoms with van der Waals surface area (Å²) in [5, 5.41) is 12.2. The van der Waals surface area contributed by atoms with Crippen molar-refractivity contribution in [3.63, 3.8) is 0 Å². The number of carbonyl (C=O) groups excluding carboxylic acids is 1. The molecule has 2 rings (SSSR count). The third-order valence-corrected chi connectivity index (χ3v) is 3.22. The highest BCUT2D eigenvalue weighted by Crippen LogP contribution is 2.25. The molecule has 1 saturated heterocycles. The molecule has 0 bridgehead atoms. The number of amides is 1. The zero-order chi connectivity index (χ0) is 13.8. The van der Waals surface area contributed by atoms with Gasteiger partial charge < -0.3 is 10.2 Å².